The van der Waals surface area contributed by atoms with Gasteiger partial charge in [-0.3, -0.25) is 0 Å². The molecular weight excluding hydrogens is 284 g/mol. The lowest BCUT2D eigenvalue weighted by molar-refractivity contribution is 0.0550. The Morgan fingerprint density at radius 2 is 2.00 bits per heavy atom. The summed E-state index contributed by atoms with van der Waals surface area (Å²) in [5.41, 5.74) is -0.654. The molecule has 0 aliphatic heterocycles. The standard InChI is InChI=1S/C13H17ClN2O4/c1-13(2,20)7-16(3)12(19)15-8-4-5-9(11(17)18)10(14)6-8/h4-6,20H,7H2,1-3H3,(H,15,19)(H,17,18). The van der Waals surface area contributed by atoms with Crippen LogP contribution in [-0.4, -0.2) is 46.3 Å². The summed E-state index contributed by atoms with van der Waals surface area (Å²) in [6.45, 7) is 3.34. The summed E-state index contributed by atoms with van der Waals surface area (Å²) in [6.07, 6.45) is 0. The van der Waals surface area contributed by atoms with Crippen molar-refractivity contribution in [3.05, 3.63) is 28.8 Å². The van der Waals surface area contributed by atoms with E-state index in [-0.39, 0.29) is 17.1 Å². The predicted molar refractivity (Wildman–Crippen MR) is 76.4 cm³/mol. The molecular formula is C13H17ClN2O4. The lowest BCUT2D eigenvalue weighted by Gasteiger charge is -2.25. The molecule has 1 aromatic rings. The van der Waals surface area contributed by atoms with Gasteiger partial charge in [-0.2, -0.15) is 0 Å². The first-order chi connectivity index (χ1) is 9.10. The van der Waals surface area contributed by atoms with E-state index < -0.39 is 17.6 Å². The van der Waals surface area contributed by atoms with E-state index in [9.17, 15) is 14.7 Å². The number of hydrogen-bond acceptors (Lipinski definition) is 3. The van der Waals surface area contributed by atoms with Crippen molar-refractivity contribution in [1.82, 2.24) is 4.90 Å². The number of carboxylic acid groups (broad SMARTS) is 1. The fraction of sp³-hybridized carbons (Fsp3) is 0.385. The number of halogens is 1. The fourth-order valence-corrected chi connectivity index (χ4v) is 1.90. The quantitative estimate of drug-likeness (QED) is 0.795. The molecule has 0 saturated heterocycles. The second-order valence-electron chi connectivity index (χ2n) is 5.10. The highest BCUT2D eigenvalue weighted by atomic mass is 35.5. The third-order valence-corrected chi connectivity index (χ3v) is 2.73. The summed E-state index contributed by atoms with van der Waals surface area (Å²) in [6, 6.07) is 3.70. The molecule has 1 rings (SSSR count). The molecule has 0 fully saturated rings. The van der Waals surface area contributed by atoms with E-state index in [1.807, 2.05) is 0 Å². The molecule has 110 valence electrons. The minimum atomic E-state index is -1.13. The zero-order chi connectivity index (χ0) is 15.5. The third-order valence-electron chi connectivity index (χ3n) is 2.42. The summed E-state index contributed by atoms with van der Waals surface area (Å²) in [5, 5.41) is 21.1. The van der Waals surface area contributed by atoms with Crippen LogP contribution in [0.3, 0.4) is 0 Å². The molecule has 0 aliphatic carbocycles. The van der Waals surface area contributed by atoms with Crippen LogP contribution in [0, 0.1) is 0 Å². The molecule has 0 bridgehead atoms. The van der Waals surface area contributed by atoms with Crippen LogP contribution in [0.2, 0.25) is 5.02 Å². The van der Waals surface area contributed by atoms with Gasteiger partial charge in [0.2, 0.25) is 0 Å². The van der Waals surface area contributed by atoms with Crippen molar-refractivity contribution in [2.24, 2.45) is 0 Å². The van der Waals surface area contributed by atoms with Gasteiger partial charge in [0, 0.05) is 12.7 Å². The third kappa shape index (κ3) is 4.71. The summed E-state index contributed by atoms with van der Waals surface area (Å²) in [5.74, 6) is -1.13. The van der Waals surface area contributed by atoms with Gasteiger partial charge >= 0.3 is 12.0 Å². The van der Waals surface area contributed by atoms with Gasteiger partial charge in [-0.1, -0.05) is 11.6 Å². The molecule has 6 nitrogen and oxygen atoms in total. The van der Waals surface area contributed by atoms with Crippen LogP contribution < -0.4 is 5.32 Å². The topological polar surface area (TPSA) is 89.9 Å². The van der Waals surface area contributed by atoms with Crippen molar-refractivity contribution in [2.75, 3.05) is 18.9 Å². The van der Waals surface area contributed by atoms with Gasteiger partial charge in [0.05, 0.1) is 22.7 Å². The van der Waals surface area contributed by atoms with Gasteiger partial charge in [-0.15, -0.1) is 0 Å². The molecule has 0 aliphatic rings. The van der Waals surface area contributed by atoms with Gasteiger partial charge in [-0.05, 0) is 32.0 Å². The molecule has 1 aromatic carbocycles. The lowest BCUT2D eigenvalue weighted by Crippen LogP contribution is -2.41. The molecule has 0 heterocycles. The van der Waals surface area contributed by atoms with Crippen LogP contribution in [0.1, 0.15) is 24.2 Å². The van der Waals surface area contributed by atoms with Crippen molar-refractivity contribution < 1.29 is 19.8 Å². The molecule has 2 amide bonds. The number of carboxylic acids is 1. The number of nitrogens with one attached hydrogen (secondary N) is 1. The number of benzene rings is 1. The maximum Gasteiger partial charge on any atom is 0.337 e. The lowest BCUT2D eigenvalue weighted by atomic mass is 10.1. The Bertz CT molecular complexity index is 526. The van der Waals surface area contributed by atoms with Crippen LogP contribution in [0.4, 0.5) is 10.5 Å². The summed E-state index contributed by atoms with van der Waals surface area (Å²) >= 11 is 5.81. The predicted octanol–water partition coefficient (Wildman–Crippen LogP) is 2.27. The zero-order valence-electron chi connectivity index (χ0n) is 11.5. The van der Waals surface area contributed by atoms with Gasteiger partial charge in [0.1, 0.15) is 0 Å². The number of rotatable bonds is 4. The monoisotopic (exact) mass is 300 g/mol. The van der Waals surface area contributed by atoms with E-state index in [1.165, 1.54) is 23.1 Å². The first-order valence-corrected chi connectivity index (χ1v) is 6.25. The Kier molecular flexibility index (Phi) is 4.97. The van der Waals surface area contributed by atoms with Crippen LogP contribution in [0.5, 0.6) is 0 Å². The number of anilines is 1. The number of likely N-dealkylation sites (N-methyl/N-ethyl adjacent to an activating group) is 1. The molecule has 0 atom stereocenters. The van der Waals surface area contributed by atoms with Crippen molar-refractivity contribution >= 4 is 29.3 Å². The number of urea groups is 1. The maximum absolute atomic E-state index is 11.9. The Hall–Kier alpha value is -1.79. The highest BCUT2D eigenvalue weighted by Crippen LogP contribution is 2.21. The number of nitrogens with zero attached hydrogens (tertiary/aromatic N) is 1. The molecule has 0 radical (unpaired) electrons. The smallest absolute Gasteiger partial charge is 0.337 e. The number of aliphatic hydroxyl groups is 1. The van der Waals surface area contributed by atoms with Crippen LogP contribution in [-0.2, 0) is 0 Å². The molecule has 0 unspecified atom stereocenters. The summed E-state index contributed by atoms with van der Waals surface area (Å²) in [4.78, 5) is 24.0. The van der Waals surface area contributed by atoms with Gasteiger partial charge in [-0.25, -0.2) is 9.59 Å². The maximum atomic E-state index is 11.9. The highest BCUT2D eigenvalue weighted by Gasteiger charge is 2.19. The highest BCUT2D eigenvalue weighted by molar-refractivity contribution is 6.33. The Labute approximate surface area is 122 Å². The fourth-order valence-electron chi connectivity index (χ4n) is 1.64. The molecule has 0 spiro atoms. The number of hydrogen-bond donors (Lipinski definition) is 3. The number of aromatic carboxylic acids is 1. The number of carbonyl (C=O) groups excluding carboxylic acids is 1. The SMILES string of the molecule is CN(CC(C)(C)O)C(=O)Nc1ccc(C(=O)O)c(Cl)c1. The zero-order valence-corrected chi connectivity index (χ0v) is 12.2. The molecule has 20 heavy (non-hydrogen) atoms. The molecule has 7 heteroatoms. The molecule has 0 aromatic heterocycles. The summed E-state index contributed by atoms with van der Waals surface area (Å²) < 4.78 is 0. The van der Waals surface area contributed by atoms with Crippen molar-refractivity contribution in [2.45, 2.75) is 19.4 Å². The van der Waals surface area contributed by atoms with E-state index in [2.05, 4.69) is 5.32 Å². The van der Waals surface area contributed by atoms with E-state index in [4.69, 9.17) is 16.7 Å². The van der Waals surface area contributed by atoms with E-state index in [0.29, 0.717) is 5.69 Å². The second-order valence-corrected chi connectivity index (χ2v) is 5.51. The first-order valence-electron chi connectivity index (χ1n) is 5.87. The van der Waals surface area contributed by atoms with Gasteiger partial charge in [0.15, 0.2) is 0 Å². The minimum Gasteiger partial charge on any atom is -0.478 e. The van der Waals surface area contributed by atoms with Crippen molar-refractivity contribution in [3.63, 3.8) is 0 Å². The first kappa shape index (κ1) is 16.3. The van der Waals surface area contributed by atoms with Gasteiger partial charge < -0.3 is 20.4 Å². The Morgan fingerprint density at radius 3 is 2.45 bits per heavy atom. The molecule has 3 N–H and O–H groups in total. The van der Waals surface area contributed by atoms with Gasteiger partial charge in [0.25, 0.3) is 0 Å². The van der Waals surface area contributed by atoms with Crippen LogP contribution >= 0.6 is 11.6 Å². The average Bonchev–Trinajstić information content (AvgIpc) is 2.26. The molecule has 0 saturated carbocycles. The van der Waals surface area contributed by atoms with Crippen LogP contribution in [0.25, 0.3) is 0 Å². The Balaban J connectivity index is 2.76. The second kappa shape index (κ2) is 6.11. The largest absolute Gasteiger partial charge is 0.478 e. The number of amides is 2. The average molecular weight is 301 g/mol. The van der Waals surface area contributed by atoms with E-state index >= 15 is 0 Å². The van der Waals surface area contributed by atoms with E-state index in [0.717, 1.165) is 0 Å². The van der Waals surface area contributed by atoms with Crippen molar-refractivity contribution in [3.8, 4) is 0 Å². The Morgan fingerprint density at radius 1 is 1.40 bits per heavy atom. The summed E-state index contributed by atoms with van der Waals surface area (Å²) in [7, 11) is 1.54. The van der Waals surface area contributed by atoms with E-state index in [1.54, 1.807) is 20.9 Å². The van der Waals surface area contributed by atoms with Crippen molar-refractivity contribution in [1.29, 1.82) is 0 Å². The minimum absolute atomic E-state index is 0.0329. The number of carbonyl (C=O) groups is 2. The normalized spacial score (nSPS) is 11.1. The van der Waals surface area contributed by atoms with Crippen LogP contribution in [0.15, 0.2) is 18.2 Å².